The van der Waals surface area contributed by atoms with Crippen LogP contribution in [0.4, 0.5) is 27.9 Å². The van der Waals surface area contributed by atoms with Crippen molar-refractivity contribution >= 4 is 23.5 Å². The minimum Gasteiger partial charge on any atom is -0.338 e. The first kappa shape index (κ1) is 21.4. The number of benzene rings is 1. The highest BCUT2D eigenvalue weighted by Gasteiger charge is 2.28. The average Bonchev–Trinajstić information content (AvgIpc) is 2.71. The van der Waals surface area contributed by atoms with Crippen molar-refractivity contribution in [2.45, 2.75) is 37.0 Å². The summed E-state index contributed by atoms with van der Waals surface area (Å²) in [6, 6.07) is 6.01. The number of piperidine rings is 2. The molecule has 0 bridgehead atoms. The normalized spacial score (nSPS) is 26.6. The van der Waals surface area contributed by atoms with Gasteiger partial charge in [-0.3, -0.25) is 10.9 Å². The second-order valence-corrected chi connectivity index (χ2v) is 8.31. The minimum atomic E-state index is -0.398. The third-order valence-electron chi connectivity index (χ3n) is 5.39. The lowest BCUT2D eigenvalue weighted by Gasteiger charge is -2.37. The first-order valence-electron chi connectivity index (χ1n) is 10.4. The van der Waals surface area contributed by atoms with E-state index < -0.39 is 5.82 Å². The number of nitrogens with zero attached hydrogens (tertiary/aromatic N) is 5. The quantitative estimate of drug-likeness (QED) is 0.326. The maximum absolute atomic E-state index is 14.0. The standard InChI is InChI=1S/C19H30FN11/c20-15-3-1-2-4-16(15)28-29-17-25-18(30-7-11(21)5-12(22)8-30)27-19(26-17)31-9-13(23)6-14(24)10-31/h1-4,11-14,28H,5-10,21-24H2,(H,25,26,27,29). The van der Waals surface area contributed by atoms with Crippen molar-refractivity contribution in [1.82, 2.24) is 15.0 Å². The van der Waals surface area contributed by atoms with Gasteiger partial charge in [-0.1, -0.05) is 12.1 Å². The van der Waals surface area contributed by atoms with Gasteiger partial charge in [-0.15, -0.1) is 0 Å². The summed E-state index contributed by atoms with van der Waals surface area (Å²) in [5, 5.41) is 0. The minimum absolute atomic E-state index is 0.0752. The molecule has 3 heterocycles. The van der Waals surface area contributed by atoms with Crippen LogP contribution >= 0.6 is 0 Å². The van der Waals surface area contributed by atoms with Crippen molar-refractivity contribution in [3.05, 3.63) is 30.1 Å². The van der Waals surface area contributed by atoms with Crippen LogP contribution in [0.5, 0.6) is 0 Å². The summed E-state index contributed by atoms with van der Waals surface area (Å²) < 4.78 is 14.0. The number of hydrogen-bond donors (Lipinski definition) is 6. The van der Waals surface area contributed by atoms with Crippen LogP contribution in [0.15, 0.2) is 24.3 Å². The first-order chi connectivity index (χ1) is 14.9. The Hall–Kier alpha value is -2.80. The maximum atomic E-state index is 14.0. The second kappa shape index (κ2) is 9.14. The summed E-state index contributed by atoms with van der Waals surface area (Å²) in [6.45, 7) is 2.32. The zero-order chi connectivity index (χ0) is 22.0. The monoisotopic (exact) mass is 431 g/mol. The molecule has 2 aromatic rings. The first-order valence-corrected chi connectivity index (χ1v) is 10.4. The lowest BCUT2D eigenvalue weighted by molar-refractivity contribution is 0.441. The molecule has 0 saturated carbocycles. The Morgan fingerprint density at radius 1 is 0.742 bits per heavy atom. The Bertz CT molecular complexity index is 833. The predicted octanol–water partition coefficient (Wildman–Crippen LogP) is -0.821. The molecule has 2 saturated heterocycles. The Morgan fingerprint density at radius 3 is 1.71 bits per heavy atom. The van der Waals surface area contributed by atoms with E-state index in [0.29, 0.717) is 38.1 Å². The van der Waals surface area contributed by atoms with E-state index in [1.165, 1.54) is 6.07 Å². The lowest BCUT2D eigenvalue weighted by Crippen LogP contribution is -2.54. The molecule has 1 aromatic heterocycles. The summed E-state index contributed by atoms with van der Waals surface area (Å²) in [7, 11) is 0. The molecule has 4 atom stereocenters. The number of hydrogen-bond acceptors (Lipinski definition) is 11. The van der Waals surface area contributed by atoms with E-state index in [1.54, 1.807) is 18.2 Å². The van der Waals surface area contributed by atoms with Crippen molar-refractivity contribution in [3.63, 3.8) is 0 Å². The number of anilines is 4. The van der Waals surface area contributed by atoms with E-state index in [0.717, 1.165) is 12.8 Å². The van der Waals surface area contributed by atoms with Gasteiger partial charge >= 0.3 is 0 Å². The highest BCUT2D eigenvalue weighted by atomic mass is 19.1. The van der Waals surface area contributed by atoms with Gasteiger partial charge in [-0.05, 0) is 25.0 Å². The highest BCUT2D eigenvalue weighted by molar-refractivity contribution is 5.52. The maximum Gasteiger partial charge on any atom is 0.248 e. The van der Waals surface area contributed by atoms with Crippen LogP contribution in [0.1, 0.15) is 12.8 Å². The third-order valence-corrected chi connectivity index (χ3v) is 5.39. The fourth-order valence-electron chi connectivity index (χ4n) is 4.06. The highest BCUT2D eigenvalue weighted by Crippen LogP contribution is 2.22. The van der Waals surface area contributed by atoms with E-state index in [-0.39, 0.29) is 35.8 Å². The topological polar surface area (TPSA) is 173 Å². The lowest BCUT2D eigenvalue weighted by atomic mass is 10.0. The Kier molecular flexibility index (Phi) is 6.32. The van der Waals surface area contributed by atoms with Crippen molar-refractivity contribution in [2.24, 2.45) is 22.9 Å². The van der Waals surface area contributed by atoms with Gasteiger partial charge in [0, 0.05) is 50.3 Å². The summed E-state index contributed by atoms with van der Waals surface area (Å²) >= 11 is 0. The summed E-state index contributed by atoms with van der Waals surface area (Å²) in [5.74, 6) is 0.733. The van der Waals surface area contributed by atoms with E-state index in [1.807, 2.05) is 9.80 Å². The van der Waals surface area contributed by atoms with Gasteiger partial charge in [0.2, 0.25) is 17.8 Å². The number of aromatic nitrogens is 3. The number of rotatable bonds is 5. The second-order valence-electron chi connectivity index (χ2n) is 8.31. The predicted molar refractivity (Wildman–Crippen MR) is 119 cm³/mol. The van der Waals surface area contributed by atoms with Crippen LogP contribution in [0.3, 0.4) is 0 Å². The van der Waals surface area contributed by atoms with Gasteiger partial charge in [0.25, 0.3) is 0 Å². The molecule has 2 aliphatic heterocycles. The van der Waals surface area contributed by atoms with Crippen LogP contribution in [-0.4, -0.2) is 65.3 Å². The largest absolute Gasteiger partial charge is 0.338 e. The van der Waals surface area contributed by atoms with Crippen LogP contribution < -0.4 is 43.6 Å². The van der Waals surface area contributed by atoms with Crippen LogP contribution in [0, 0.1) is 5.82 Å². The summed E-state index contributed by atoms with van der Waals surface area (Å²) in [5.41, 5.74) is 30.6. The van der Waals surface area contributed by atoms with Crippen molar-refractivity contribution < 1.29 is 4.39 Å². The van der Waals surface area contributed by atoms with Gasteiger partial charge < -0.3 is 32.7 Å². The van der Waals surface area contributed by atoms with E-state index in [9.17, 15) is 4.39 Å². The van der Waals surface area contributed by atoms with E-state index >= 15 is 0 Å². The number of para-hydroxylation sites is 1. The molecule has 4 rings (SSSR count). The van der Waals surface area contributed by atoms with Gasteiger partial charge in [-0.25, -0.2) is 4.39 Å². The van der Waals surface area contributed by atoms with E-state index in [2.05, 4.69) is 25.8 Å². The van der Waals surface area contributed by atoms with Gasteiger partial charge in [0.15, 0.2) is 0 Å². The number of nitrogens with one attached hydrogen (secondary N) is 2. The summed E-state index contributed by atoms with van der Waals surface area (Å²) in [6.07, 6.45) is 1.48. The Balaban J connectivity index is 1.62. The molecular formula is C19H30FN11. The van der Waals surface area contributed by atoms with Crippen LogP contribution in [0.2, 0.25) is 0 Å². The third kappa shape index (κ3) is 5.28. The number of hydrazine groups is 1. The zero-order valence-electron chi connectivity index (χ0n) is 17.3. The smallest absolute Gasteiger partial charge is 0.248 e. The summed E-state index contributed by atoms with van der Waals surface area (Å²) in [4.78, 5) is 17.6. The fraction of sp³-hybridized carbons (Fsp3) is 0.526. The molecule has 0 aliphatic carbocycles. The molecule has 11 nitrogen and oxygen atoms in total. The number of nitrogens with two attached hydrogens (primary N) is 4. The molecule has 2 fully saturated rings. The molecule has 4 unspecified atom stereocenters. The molecule has 0 spiro atoms. The molecule has 31 heavy (non-hydrogen) atoms. The van der Waals surface area contributed by atoms with Crippen molar-refractivity contribution in [1.29, 1.82) is 0 Å². The molecule has 168 valence electrons. The number of halogens is 1. The molecule has 1 aromatic carbocycles. The van der Waals surface area contributed by atoms with Crippen LogP contribution in [0.25, 0.3) is 0 Å². The van der Waals surface area contributed by atoms with Gasteiger partial charge in [0.05, 0.1) is 5.69 Å². The SMILES string of the molecule is NC1CC(N)CN(c2nc(NNc3ccccc3F)nc(N3CC(N)CC(N)C3)n2)C1. The molecule has 0 amide bonds. The molecule has 2 aliphatic rings. The Morgan fingerprint density at radius 2 is 1.23 bits per heavy atom. The Labute approximate surface area is 180 Å². The van der Waals surface area contributed by atoms with Crippen molar-refractivity contribution in [3.8, 4) is 0 Å². The average molecular weight is 432 g/mol. The molecule has 0 radical (unpaired) electrons. The molecular weight excluding hydrogens is 401 g/mol. The molecule has 12 heteroatoms. The van der Waals surface area contributed by atoms with Crippen molar-refractivity contribution in [2.75, 3.05) is 46.8 Å². The van der Waals surface area contributed by atoms with E-state index in [4.69, 9.17) is 22.9 Å². The van der Waals surface area contributed by atoms with Gasteiger partial charge in [0.1, 0.15) is 5.82 Å². The van der Waals surface area contributed by atoms with Crippen LogP contribution in [-0.2, 0) is 0 Å². The fourth-order valence-corrected chi connectivity index (χ4v) is 4.06. The molecule has 10 N–H and O–H groups in total. The van der Waals surface area contributed by atoms with Gasteiger partial charge in [-0.2, -0.15) is 15.0 Å². The zero-order valence-corrected chi connectivity index (χ0v) is 17.3.